The Morgan fingerprint density at radius 2 is 2.08 bits per heavy atom. The molecule has 9 nitrogen and oxygen atoms in total. The molecule has 0 unspecified atom stereocenters. The van der Waals surface area contributed by atoms with Gasteiger partial charge in [-0.2, -0.15) is 0 Å². The predicted octanol–water partition coefficient (Wildman–Crippen LogP) is -0.0222. The molecular formula is C17H20N6O3. The van der Waals surface area contributed by atoms with Crippen molar-refractivity contribution in [1.82, 2.24) is 30.0 Å². The van der Waals surface area contributed by atoms with Crippen LogP contribution < -0.4 is 4.74 Å². The molecule has 1 aromatic heterocycles. The fourth-order valence-electron chi connectivity index (χ4n) is 3.61. The minimum absolute atomic E-state index is 0.0340. The molecule has 4 rings (SSSR count). The lowest BCUT2D eigenvalue weighted by Gasteiger charge is -2.30. The van der Waals surface area contributed by atoms with Crippen LogP contribution >= 0.6 is 0 Å². The van der Waals surface area contributed by atoms with Crippen molar-refractivity contribution < 1.29 is 14.3 Å². The van der Waals surface area contributed by atoms with Crippen LogP contribution in [-0.2, 0) is 9.59 Å². The van der Waals surface area contributed by atoms with E-state index in [1.54, 1.807) is 21.9 Å². The molecule has 2 aromatic rings. The smallest absolute Gasteiger partial charge is 0.260 e. The van der Waals surface area contributed by atoms with E-state index in [1.807, 2.05) is 19.2 Å². The Bertz CT molecular complexity index is 791. The van der Waals surface area contributed by atoms with E-state index in [2.05, 4.69) is 15.5 Å². The zero-order valence-electron chi connectivity index (χ0n) is 14.5. The minimum atomic E-state index is -0.0839. The van der Waals surface area contributed by atoms with Crippen molar-refractivity contribution in [1.29, 1.82) is 0 Å². The van der Waals surface area contributed by atoms with Crippen molar-refractivity contribution in [3.05, 3.63) is 30.6 Å². The van der Waals surface area contributed by atoms with Gasteiger partial charge in [-0.05, 0) is 47.0 Å². The quantitative estimate of drug-likeness (QED) is 0.764. The number of nitrogens with zero attached hydrogens (tertiary/aromatic N) is 6. The Morgan fingerprint density at radius 3 is 2.81 bits per heavy atom. The number of hydrogen-bond acceptors (Lipinski definition) is 6. The van der Waals surface area contributed by atoms with Crippen LogP contribution in [0.5, 0.6) is 5.75 Å². The second-order valence-corrected chi connectivity index (χ2v) is 6.75. The highest BCUT2D eigenvalue weighted by Gasteiger charge is 2.43. The molecule has 0 radical (unpaired) electrons. The number of aromatic nitrogens is 4. The molecule has 1 aromatic carbocycles. The molecule has 0 bridgehead atoms. The molecule has 2 aliphatic heterocycles. The van der Waals surface area contributed by atoms with Crippen molar-refractivity contribution in [3.63, 3.8) is 0 Å². The van der Waals surface area contributed by atoms with Gasteiger partial charge in [0, 0.05) is 26.7 Å². The molecule has 9 heteroatoms. The largest absolute Gasteiger partial charge is 0.484 e. The van der Waals surface area contributed by atoms with E-state index in [1.165, 1.54) is 11.0 Å². The standard InChI is InChI=1S/C17H20N6O3/c1-21-7-6-12-8-22(9-15(12)17(21)25)16(24)10-26-14-4-2-13(3-5-14)23-11-18-19-20-23/h2-5,11-12,15H,6-10H2,1H3/t12-,15+/m1/s1. The Morgan fingerprint density at radius 1 is 1.27 bits per heavy atom. The van der Waals surface area contributed by atoms with E-state index in [4.69, 9.17) is 4.74 Å². The van der Waals surface area contributed by atoms with E-state index in [-0.39, 0.29) is 30.3 Å². The second kappa shape index (κ2) is 6.74. The summed E-state index contributed by atoms with van der Waals surface area (Å²) in [6.45, 7) is 1.87. The van der Waals surface area contributed by atoms with Crippen LogP contribution in [0.2, 0.25) is 0 Å². The highest BCUT2D eigenvalue weighted by atomic mass is 16.5. The van der Waals surface area contributed by atoms with E-state index in [0.717, 1.165) is 18.7 Å². The number of piperidine rings is 1. The molecule has 0 aliphatic carbocycles. The molecular weight excluding hydrogens is 336 g/mol. The van der Waals surface area contributed by atoms with Crippen LogP contribution in [0.4, 0.5) is 0 Å². The van der Waals surface area contributed by atoms with Crippen LogP contribution in [0.1, 0.15) is 6.42 Å². The van der Waals surface area contributed by atoms with Crippen molar-refractivity contribution in [2.24, 2.45) is 11.8 Å². The zero-order chi connectivity index (χ0) is 18.1. The van der Waals surface area contributed by atoms with Gasteiger partial charge in [-0.15, -0.1) is 5.10 Å². The van der Waals surface area contributed by atoms with Crippen molar-refractivity contribution >= 4 is 11.8 Å². The van der Waals surface area contributed by atoms with Gasteiger partial charge in [0.15, 0.2) is 6.61 Å². The molecule has 0 spiro atoms. The van der Waals surface area contributed by atoms with E-state index in [9.17, 15) is 9.59 Å². The maximum atomic E-state index is 12.4. The lowest BCUT2D eigenvalue weighted by Crippen LogP contribution is -2.42. The first-order valence-corrected chi connectivity index (χ1v) is 8.61. The molecule has 136 valence electrons. The third-order valence-corrected chi connectivity index (χ3v) is 5.14. The van der Waals surface area contributed by atoms with Crippen LogP contribution in [-0.4, -0.2) is 75.1 Å². The number of carbonyl (C=O) groups excluding carboxylic acids is 2. The van der Waals surface area contributed by atoms with Crippen molar-refractivity contribution in [3.8, 4) is 11.4 Å². The summed E-state index contributed by atoms with van der Waals surface area (Å²) in [5.74, 6) is 0.879. The van der Waals surface area contributed by atoms with Gasteiger partial charge in [-0.1, -0.05) is 0 Å². The average Bonchev–Trinajstić information content (AvgIpc) is 3.33. The molecule has 0 saturated carbocycles. The second-order valence-electron chi connectivity index (χ2n) is 6.75. The third kappa shape index (κ3) is 3.12. The van der Waals surface area contributed by atoms with E-state index >= 15 is 0 Å². The third-order valence-electron chi connectivity index (χ3n) is 5.14. The summed E-state index contributed by atoms with van der Waals surface area (Å²) in [7, 11) is 1.82. The summed E-state index contributed by atoms with van der Waals surface area (Å²) in [5.41, 5.74) is 0.805. The average molecular weight is 356 g/mol. The van der Waals surface area contributed by atoms with Gasteiger partial charge in [0.05, 0.1) is 11.6 Å². The Hall–Kier alpha value is -2.97. The summed E-state index contributed by atoms with van der Waals surface area (Å²) >= 11 is 0. The monoisotopic (exact) mass is 356 g/mol. The molecule has 26 heavy (non-hydrogen) atoms. The topological polar surface area (TPSA) is 93.4 Å². The first-order valence-electron chi connectivity index (χ1n) is 8.61. The van der Waals surface area contributed by atoms with Crippen LogP contribution in [0.3, 0.4) is 0 Å². The number of ether oxygens (including phenoxy) is 1. The summed E-state index contributed by atoms with van der Waals surface area (Å²) in [6.07, 6.45) is 2.46. The van der Waals surface area contributed by atoms with Gasteiger partial charge in [-0.25, -0.2) is 4.68 Å². The summed E-state index contributed by atoms with van der Waals surface area (Å²) in [4.78, 5) is 28.2. The highest BCUT2D eigenvalue weighted by molar-refractivity contribution is 5.83. The van der Waals surface area contributed by atoms with Crippen molar-refractivity contribution in [2.45, 2.75) is 6.42 Å². The number of rotatable bonds is 4. The molecule has 2 aliphatic rings. The Kier molecular flexibility index (Phi) is 4.27. The van der Waals surface area contributed by atoms with E-state index < -0.39 is 0 Å². The number of hydrogen-bond donors (Lipinski definition) is 0. The van der Waals surface area contributed by atoms with E-state index in [0.29, 0.717) is 18.8 Å². The molecule has 2 saturated heterocycles. The summed E-state index contributed by atoms with van der Waals surface area (Å²) < 4.78 is 7.14. The van der Waals surface area contributed by atoms with Crippen molar-refractivity contribution in [2.75, 3.05) is 33.3 Å². The van der Waals surface area contributed by atoms with Crippen LogP contribution in [0, 0.1) is 11.8 Å². The maximum Gasteiger partial charge on any atom is 0.260 e. The first kappa shape index (κ1) is 16.5. The molecule has 2 atom stereocenters. The van der Waals surface area contributed by atoms with Gasteiger partial charge in [0.25, 0.3) is 5.91 Å². The Labute approximate surface area is 150 Å². The molecule has 2 amide bonds. The number of benzene rings is 1. The SMILES string of the molecule is CN1CC[C@@H]2CN(C(=O)COc3ccc(-n4cnnn4)cc3)C[C@@H]2C1=O. The maximum absolute atomic E-state index is 12.4. The normalized spacial score (nSPS) is 22.4. The Balaban J connectivity index is 1.32. The zero-order valence-corrected chi connectivity index (χ0v) is 14.5. The van der Waals surface area contributed by atoms with Gasteiger partial charge in [0.1, 0.15) is 12.1 Å². The van der Waals surface area contributed by atoms with Crippen LogP contribution in [0.15, 0.2) is 30.6 Å². The predicted molar refractivity (Wildman–Crippen MR) is 90.5 cm³/mol. The van der Waals surface area contributed by atoms with Crippen LogP contribution in [0.25, 0.3) is 5.69 Å². The number of likely N-dealkylation sites (tertiary alicyclic amines) is 2. The fraction of sp³-hybridized carbons (Fsp3) is 0.471. The lowest BCUT2D eigenvalue weighted by molar-refractivity contribution is -0.138. The fourth-order valence-corrected chi connectivity index (χ4v) is 3.61. The number of tetrazole rings is 1. The van der Waals surface area contributed by atoms with Gasteiger partial charge < -0.3 is 14.5 Å². The first-order chi connectivity index (χ1) is 12.6. The minimum Gasteiger partial charge on any atom is -0.484 e. The highest BCUT2D eigenvalue weighted by Crippen LogP contribution is 2.31. The van der Waals surface area contributed by atoms with Gasteiger partial charge >= 0.3 is 0 Å². The lowest BCUT2D eigenvalue weighted by atomic mass is 9.88. The molecule has 2 fully saturated rings. The number of fused-ring (bicyclic) bond motifs is 1. The van der Waals surface area contributed by atoms with Gasteiger partial charge in [-0.3, -0.25) is 9.59 Å². The summed E-state index contributed by atoms with van der Waals surface area (Å²) in [5, 5.41) is 11.0. The number of carbonyl (C=O) groups is 2. The molecule has 0 N–H and O–H groups in total. The number of amides is 2. The summed E-state index contributed by atoms with van der Waals surface area (Å²) in [6, 6.07) is 7.17. The van der Waals surface area contributed by atoms with Gasteiger partial charge in [0.2, 0.25) is 5.91 Å². The molecule has 3 heterocycles.